The molecule has 0 bridgehead atoms. The van der Waals surface area contributed by atoms with Gasteiger partial charge in [0, 0.05) is 13.1 Å². The largest absolute Gasteiger partial charge is 0.293 e. The zero-order valence-electron chi connectivity index (χ0n) is 7.00. The van der Waals surface area contributed by atoms with Crippen molar-refractivity contribution in [3.63, 3.8) is 0 Å². The molecule has 0 amide bonds. The number of hydrogen-bond donors (Lipinski definition) is 0. The van der Waals surface area contributed by atoms with E-state index in [9.17, 15) is 4.79 Å². The highest BCUT2D eigenvalue weighted by molar-refractivity contribution is 5.94. The third-order valence-corrected chi connectivity index (χ3v) is 1.08. The Kier molecular flexibility index (Phi) is 4.99. The lowest BCUT2D eigenvalue weighted by atomic mass is 10.3. The molecule has 60 valence electrons. The van der Waals surface area contributed by atoms with Crippen LogP contribution in [0.4, 0.5) is 0 Å². The predicted molar refractivity (Wildman–Crippen MR) is 47.7 cm³/mol. The highest BCUT2D eigenvalue weighted by Gasteiger charge is 1.97. The van der Waals surface area contributed by atoms with Gasteiger partial charge in [-0.25, -0.2) is 0 Å². The maximum absolute atomic E-state index is 10.8. The number of carbonyl (C=O) groups excluding carboxylic acids is 1. The zero-order chi connectivity index (χ0) is 8.69. The Hall–Kier alpha value is -1.18. The minimum absolute atomic E-state index is 0.00931. The third kappa shape index (κ3) is 4.25. The van der Waals surface area contributed by atoms with Gasteiger partial charge in [0.1, 0.15) is 5.70 Å². The monoisotopic (exact) mass is 151 g/mol. The average molecular weight is 151 g/mol. The molecule has 0 heterocycles. The quantitative estimate of drug-likeness (QED) is 0.447. The first-order valence-corrected chi connectivity index (χ1v) is 3.58. The Morgan fingerprint density at radius 2 is 2.27 bits per heavy atom. The molecule has 0 aliphatic carbocycles. The summed E-state index contributed by atoms with van der Waals surface area (Å²) in [5.41, 5.74) is 0.507. The number of Topliss-reactive ketones (excluding diaryl/α,β-unsaturated/α-hetero) is 1. The van der Waals surface area contributed by atoms with Crippen LogP contribution in [-0.2, 0) is 4.79 Å². The molecule has 0 N–H and O–H groups in total. The first kappa shape index (κ1) is 9.82. The Morgan fingerprint density at radius 1 is 1.64 bits per heavy atom. The van der Waals surface area contributed by atoms with Crippen molar-refractivity contribution in [1.82, 2.24) is 0 Å². The van der Waals surface area contributed by atoms with Crippen LogP contribution in [0.5, 0.6) is 0 Å². The molecule has 0 aromatic heterocycles. The fraction of sp³-hybridized carbons (Fsp3) is 0.333. The van der Waals surface area contributed by atoms with E-state index in [1.165, 1.54) is 13.1 Å². The summed E-state index contributed by atoms with van der Waals surface area (Å²) in [6, 6.07) is 0. The molecule has 11 heavy (non-hydrogen) atoms. The van der Waals surface area contributed by atoms with E-state index in [0.717, 1.165) is 6.42 Å². The van der Waals surface area contributed by atoms with Crippen molar-refractivity contribution >= 4 is 12.0 Å². The topological polar surface area (TPSA) is 29.4 Å². The highest BCUT2D eigenvalue weighted by atomic mass is 16.1. The number of allylic oxidation sites excluding steroid dienone is 3. The number of nitrogens with zero attached hydrogens (tertiary/aromatic N) is 1. The third-order valence-electron chi connectivity index (χ3n) is 1.08. The standard InChI is InChI=1S/C9H13NO/c1-4-6-9(8(3)11)10-7-5-2/h5-7H,2,4H2,1,3H3/b9-6-,10-7?. The van der Waals surface area contributed by atoms with E-state index in [-0.39, 0.29) is 5.78 Å². The molecule has 0 radical (unpaired) electrons. The van der Waals surface area contributed by atoms with Gasteiger partial charge >= 0.3 is 0 Å². The molecular formula is C9H13NO. The van der Waals surface area contributed by atoms with Gasteiger partial charge in [-0.1, -0.05) is 25.7 Å². The normalized spacial score (nSPS) is 12.0. The van der Waals surface area contributed by atoms with Crippen LogP contribution in [-0.4, -0.2) is 12.0 Å². The number of rotatable bonds is 4. The molecular weight excluding hydrogens is 138 g/mol. The van der Waals surface area contributed by atoms with Crippen LogP contribution < -0.4 is 0 Å². The van der Waals surface area contributed by atoms with Crippen LogP contribution >= 0.6 is 0 Å². The van der Waals surface area contributed by atoms with Crippen LogP contribution in [0.1, 0.15) is 20.3 Å². The molecule has 0 spiro atoms. The molecule has 0 saturated carbocycles. The van der Waals surface area contributed by atoms with Gasteiger partial charge in [0.2, 0.25) is 0 Å². The zero-order valence-corrected chi connectivity index (χ0v) is 7.00. The van der Waals surface area contributed by atoms with Crippen LogP contribution in [0.25, 0.3) is 0 Å². The Bertz CT molecular complexity index is 202. The summed E-state index contributed by atoms with van der Waals surface area (Å²) in [6.07, 6.45) is 5.68. The second-order valence-corrected chi connectivity index (χ2v) is 2.07. The lowest BCUT2D eigenvalue weighted by Crippen LogP contribution is -1.92. The minimum atomic E-state index is -0.00931. The van der Waals surface area contributed by atoms with E-state index >= 15 is 0 Å². The first-order valence-electron chi connectivity index (χ1n) is 3.58. The van der Waals surface area contributed by atoms with Crippen LogP contribution in [0, 0.1) is 0 Å². The number of carbonyl (C=O) groups is 1. The number of ketones is 1. The van der Waals surface area contributed by atoms with Crippen LogP contribution in [0.15, 0.2) is 29.4 Å². The molecule has 0 atom stereocenters. The molecule has 0 aromatic carbocycles. The summed E-state index contributed by atoms with van der Waals surface area (Å²) < 4.78 is 0. The maximum Gasteiger partial charge on any atom is 0.177 e. The molecule has 0 aliphatic rings. The van der Waals surface area contributed by atoms with Gasteiger partial charge in [-0.2, -0.15) is 0 Å². The van der Waals surface area contributed by atoms with Gasteiger partial charge in [0.05, 0.1) is 0 Å². The van der Waals surface area contributed by atoms with Gasteiger partial charge < -0.3 is 0 Å². The summed E-state index contributed by atoms with van der Waals surface area (Å²) in [5.74, 6) is -0.00931. The van der Waals surface area contributed by atoms with Crippen molar-refractivity contribution in [2.45, 2.75) is 20.3 Å². The first-order chi connectivity index (χ1) is 5.22. The van der Waals surface area contributed by atoms with Crippen LogP contribution in [0.2, 0.25) is 0 Å². The van der Waals surface area contributed by atoms with Gasteiger partial charge in [0.25, 0.3) is 0 Å². The van der Waals surface area contributed by atoms with E-state index in [4.69, 9.17) is 0 Å². The van der Waals surface area contributed by atoms with Crippen molar-refractivity contribution in [1.29, 1.82) is 0 Å². The van der Waals surface area contributed by atoms with E-state index in [0.29, 0.717) is 5.70 Å². The summed E-state index contributed by atoms with van der Waals surface area (Å²) in [5, 5.41) is 0. The predicted octanol–water partition coefficient (Wildman–Crippen LogP) is 2.13. The van der Waals surface area contributed by atoms with E-state index in [1.54, 1.807) is 12.2 Å². The summed E-state index contributed by atoms with van der Waals surface area (Å²) >= 11 is 0. The second kappa shape index (κ2) is 5.59. The lowest BCUT2D eigenvalue weighted by Gasteiger charge is -1.92. The second-order valence-electron chi connectivity index (χ2n) is 2.07. The highest BCUT2D eigenvalue weighted by Crippen LogP contribution is 1.99. The molecule has 0 aliphatic heterocycles. The molecule has 2 heteroatoms. The van der Waals surface area contributed by atoms with Crippen molar-refractivity contribution in [3.8, 4) is 0 Å². The van der Waals surface area contributed by atoms with Gasteiger partial charge in [-0.3, -0.25) is 9.79 Å². The smallest absolute Gasteiger partial charge is 0.177 e. The van der Waals surface area contributed by atoms with E-state index in [1.807, 2.05) is 6.92 Å². The molecule has 0 saturated heterocycles. The fourth-order valence-electron chi connectivity index (χ4n) is 0.614. The van der Waals surface area contributed by atoms with Gasteiger partial charge in [-0.15, -0.1) is 0 Å². The lowest BCUT2D eigenvalue weighted by molar-refractivity contribution is -0.113. The Labute approximate surface area is 67.3 Å². The molecule has 2 nitrogen and oxygen atoms in total. The van der Waals surface area contributed by atoms with Crippen molar-refractivity contribution in [2.24, 2.45) is 4.99 Å². The van der Waals surface area contributed by atoms with Crippen molar-refractivity contribution < 1.29 is 4.79 Å². The van der Waals surface area contributed by atoms with Gasteiger partial charge in [-0.05, 0) is 6.42 Å². The van der Waals surface area contributed by atoms with E-state index in [2.05, 4.69) is 11.6 Å². The molecule has 0 unspecified atom stereocenters. The molecule has 0 fully saturated rings. The summed E-state index contributed by atoms with van der Waals surface area (Å²) in [4.78, 5) is 14.7. The number of hydrogen-bond acceptors (Lipinski definition) is 2. The van der Waals surface area contributed by atoms with Gasteiger partial charge in [0.15, 0.2) is 5.78 Å². The maximum atomic E-state index is 10.8. The van der Waals surface area contributed by atoms with Crippen LogP contribution in [0.3, 0.4) is 0 Å². The fourth-order valence-corrected chi connectivity index (χ4v) is 0.614. The Morgan fingerprint density at radius 3 is 2.64 bits per heavy atom. The Balaban J connectivity index is 4.35. The minimum Gasteiger partial charge on any atom is -0.293 e. The molecule has 0 aromatic rings. The van der Waals surface area contributed by atoms with Crippen molar-refractivity contribution in [3.05, 3.63) is 24.4 Å². The van der Waals surface area contributed by atoms with E-state index < -0.39 is 0 Å². The van der Waals surface area contributed by atoms with Crippen molar-refractivity contribution in [2.75, 3.05) is 0 Å². The summed E-state index contributed by atoms with van der Waals surface area (Å²) in [6.45, 7) is 6.93. The SMILES string of the molecule is C=CC=N/C(=C\CC)C(C)=O. The summed E-state index contributed by atoms with van der Waals surface area (Å²) in [7, 11) is 0. The number of aliphatic imine (C=N–C) groups is 1. The molecule has 0 rings (SSSR count). The average Bonchev–Trinajstić information content (AvgIpc) is 1.97.